The molecule has 7 nitrogen and oxygen atoms in total. The van der Waals surface area contributed by atoms with Gasteiger partial charge in [0.15, 0.2) is 0 Å². The zero-order valence-corrected chi connectivity index (χ0v) is 17.3. The average Bonchev–Trinajstić information content (AvgIpc) is 2.94. The molecule has 0 unspecified atom stereocenters. The van der Waals surface area contributed by atoms with Crippen molar-refractivity contribution in [3.8, 4) is 0 Å². The summed E-state index contributed by atoms with van der Waals surface area (Å²) in [7, 11) is -3.66. The number of imide groups is 1. The molecule has 2 fully saturated rings. The molecule has 1 spiro atoms. The van der Waals surface area contributed by atoms with Crippen molar-refractivity contribution in [1.29, 1.82) is 0 Å². The summed E-state index contributed by atoms with van der Waals surface area (Å²) in [6.45, 7) is 2.18. The van der Waals surface area contributed by atoms with E-state index in [-0.39, 0.29) is 43.3 Å². The average molecular weight is 431 g/mol. The molecule has 2 saturated heterocycles. The molecule has 9 heteroatoms. The maximum absolute atomic E-state index is 13.1. The number of carbonyl (C=O) groups is 2. The first-order chi connectivity index (χ1) is 14.2. The number of hydrogen-bond donors (Lipinski definition) is 1. The largest absolute Gasteiger partial charge is 0.325 e. The Kier molecular flexibility index (Phi) is 5.11. The first kappa shape index (κ1) is 20.5. The van der Waals surface area contributed by atoms with E-state index < -0.39 is 27.4 Å². The number of halogens is 1. The molecule has 0 saturated carbocycles. The van der Waals surface area contributed by atoms with Gasteiger partial charge in [-0.3, -0.25) is 9.69 Å². The number of nitrogens with one attached hydrogen (secondary N) is 1. The van der Waals surface area contributed by atoms with Gasteiger partial charge in [-0.1, -0.05) is 29.8 Å². The van der Waals surface area contributed by atoms with Crippen molar-refractivity contribution in [3.05, 3.63) is 65.5 Å². The molecular formula is C21H22FN3O4S. The van der Waals surface area contributed by atoms with Crippen molar-refractivity contribution in [1.82, 2.24) is 14.5 Å². The maximum Gasteiger partial charge on any atom is 0.325 e. The van der Waals surface area contributed by atoms with Crippen molar-refractivity contribution in [2.45, 2.75) is 36.7 Å². The molecule has 3 amide bonds. The predicted octanol–water partition coefficient (Wildman–Crippen LogP) is 2.41. The molecule has 30 heavy (non-hydrogen) atoms. The highest BCUT2D eigenvalue weighted by Gasteiger charge is 2.53. The van der Waals surface area contributed by atoms with Crippen molar-refractivity contribution < 1.29 is 22.4 Å². The van der Waals surface area contributed by atoms with Gasteiger partial charge in [0.05, 0.1) is 11.4 Å². The minimum absolute atomic E-state index is 0.0398. The monoisotopic (exact) mass is 431 g/mol. The Hall–Kier alpha value is -2.78. The third-order valence-electron chi connectivity index (χ3n) is 5.73. The number of hydrogen-bond acceptors (Lipinski definition) is 4. The molecule has 0 aliphatic carbocycles. The standard InChI is InChI=1S/C21H22FN3O4S/c1-15-2-8-18(9-3-15)30(28,29)24-12-10-21(11-13-24)19(26)25(20(27)23-21)14-16-4-6-17(22)7-5-16/h2-9H,10-14H2,1H3,(H,23,27). The highest BCUT2D eigenvalue weighted by atomic mass is 32.2. The Morgan fingerprint density at radius 3 is 2.20 bits per heavy atom. The molecule has 2 aromatic carbocycles. The predicted molar refractivity (Wildman–Crippen MR) is 107 cm³/mol. The van der Waals surface area contributed by atoms with E-state index in [2.05, 4.69) is 5.32 Å². The number of nitrogens with zero attached hydrogens (tertiary/aromatic N) is 2. The highest BCUT2D eigenvalue weighted by Crippen LogP contribution is 2.32. The van der Waals surface area contributed by atoms with Crippen molar-refractivity contribution >= 4 is 22.0 Å². The zero-order valence-electron chi connectivity index (χ0n) is 16.5. The van der Waals surface area contributed by atoms with Gasteiger partial charge in [0, 0.05) is 13.1 Å². The molecule has 158 valence electrons. The highest BCUT2D eigenvalue weighted by molar-refractivity contribution is 7.89. The lowest BCUT2D eigenvalue weighted by atomic mass is 9.88. The van der Waals surface area contributed by atoms with Crippen molar-refractivity contribution in [3.63, 3.8) is 0 Å². The van der Waals surface area contributed by atoms with Crippen LogP contribution in [0.15, 0.2) is 53.4 Å². The summed E-state index contributed by atoms with van der Waals surface area (Å²) in [6.07, 6.45) is 0.394. The van der Waals surface area contributed by atoms with E-state index in [4.69, 9.17) is 0 Å². The van der Waals surface area contributed by atoms with Crippen LogP contribution >= 0.6 is 0 Å². The number of rotatable bonds is 4. The molecule has 4 rings (SSSR count). The summed E-state index contributed by atoms with van der Waals surface area (Å²) in [6, 6.07) is 11.7. The minimum Gasteiger partial charge on any atom is -0.323 e. The second-order valence-electron chi connectivity index (χ2n) is 7.75. The molecule has 1 N–H and O–H groups in total. The van der Waals surface area contributed by atoms with E-state index in [1.165, 1.54) is 28.6 Å². The molecule has 2 heterocycles. The maximum atomic E-state index is 13.1. The Morgan fingerprint density at radius 1 is 1.00 bits per heavy atom. The number of carbonyl (C=O) groups excluding carboxylic acids is 2. The van der Waals surface area contributed by atoms with Crippen LogP contribution in [0.4, 0.5) is 9.18 Å². The van der Waals surface area contributed by atoms with E-state index in [0.29, 0.717) is 5.56 Å². The second-order valence-corrected chi connectivity index (χ2v) is 9.69. The third kappa shape index (κ3) is 3.59. The van der Waals surface area contributed by atoms with Gasteiger partial charge in [-0.2, -0.15) is 4.31 Å². The van der Waals surface area contributed by atoms with Crippen LogP contribution in [0.2, 0.25) is 0 Å². The number of urea groups is 1. The van der Waals surface area contributed by atoms with Gasteiger partial charge < -0.3 is 5.32 Å². The summed E-state index contributed by atoms with van der Waals surface area (Å²) in [4.78, 5) is 26.8. The van der Waals surface area contributed by atoms with E-state index in [1.807, 2.05) is 6.92 Å². The van der Waals surface area contributed by atoms with Gasteiger partial charge in [-0.15, -0.1) is 0 Å². The number of amides is 3. The van der Waals surface area contributed by atoms with E-state index >= 15 is 0 Å². The van der Waals surface area contributed by atoms with Gasteiger partial charge in [-0.05, 0) is 49.6 Å². The van der Waals surface area contributed by atoms with Crippen molar-refractivity contribution in [2.24, 2.45) is 0 Å². The number of aryl methyl sites for hydroxylation is 1. The fourth-order valence-electron chi connectivity index (χ4n) is 3.90. The number of sulfonamides is 1. The van der Waals surface area contributed by atoms with Crippen LogP contribution in [-0.4, -0.2) is 48.2 Å². The molecule has 2 aromatic rings. The first-order valence-electron chi connectivity index (χ1n) is 9.67. The van der Waals surface area contributed by atoms with Crippen LogP contribution in [0.25, 0.3) is 0 Å². The summed E-state index contributed by atoms with van der Waals surface area (Å²) >= 11 is 0. The summed E-state index contributed by atoms with van der Waals surface area (Å²) in [5.41, 5.74) is 0.500. The minimum atomic E-state index is -3.66. The van der Waals surface area contributed by atoms with Crippen molar-refractivity contribution in [2.75, 3.05) is 13.1 Å². The lowest BCUT2D eigenvalue weighted by Gasteiger charge is -2.36. The zero-order chi connectivity index (χ0) is 21.5. The van der Waals surface area contributed by atoms with Crippen LogP contribution in [0.5, 0.6) is 0 Å². The number of piperidine rings is 1. The first-order valence-corrected chi connectivity index (χ1v) is 11.1. The SMILES string of the molecule is Cc1ccc(S(=O)(=O)N2CCC3(CC2)NC(=O)N(Cc2ccc(F)cc2)C3=O)cc1. The van der Waals surface area contributed by atoms with E-state index in [1.54, 1.807) is 24.3 Å². The van der Waals surface area contributed by atoms with Gasteiger partial charge >= 0.3 is 6.03 Å². The van der Waals surface area contributed by atoms with Gasteiger partial charge in [0.25, 0.3) is 5.91 Å². The van der Waals surface area contributed by atoms with Gasteiger partial charge in [-0.25, -0.2) is 17.6 Å². The summed E-state index contributed by atoms with van der Waals surface area (Å²) in [5.74, 6) is -0.765. The fourth-order valence-corrected chi connectivity index (χ4v) is 5.34. The molecular weight excluding hydrogens is 409 g/mol. The molecule has 0 radical (unpaired) electrons. The Labute approximate surface area is 174 Å². The molecule has 0 bridgehead atoms. The van der Waals surface area contributed by atoms with E-state index in [0.717, 1.165) is 10.5 Å². The Bertz CT molecular complexity index is 1080. The quantitative estimate of drug-likeness (QED) is 0.754. The van der Waals surface area contributed by atoms with Crippen LogP contribution in [0.3, 0.4) is 0 Å². The molecule has 2 aliphatic heterocycles. The third-order valence-corrected chi connectivity index (χ3v) is 7.65. The smallest absolute Gasteiger partial charge is 0.323 e. The van der Waals surface area contributed by atoms with E-state index in [9.17, 15) is 22.4 Å². The van der Waals surface area contributed by atoms with Crippen LogP contribution in [0.1, 0.15) is 24.0 Å². The summed E-state index contributed by atoms with van der Waals surface area (Å²) in [5, 5.41) is 2.76. The van der Waals surface area contributed by atoms with Gasteiger partial charge in [0.2, 0.25) is 10.0 Å². The van der Waals surface area contributed by atoms with Gasteiger partial charge in [0.1, 0.15) is 11.4 Å². The normalized spacial score (nSPS) is 19.3. The van der Waals surface area contributed by atoms with Crippen LogP contribution < -0.4 is 5.32 Å². The lowest BCUT2D eigenvalue weighted by molar-refractivity contribution is -0.133. The molecule has 0 aromatic heterocycles. The Morgan fingerprint density at radius 2 is 1.60 bits per heavy atom. The van der Waals surface area contributed by atoms with Crippen LogP contribution in [0, 0.1) is 12.7 Å². The van der Waals surface area contributed by atoms with Crippen LogP contribution in [-0.2, 0) is 21.4 Å². The molecule has 2 aliphatic rings. The lowest BCUT2D eigenvalue weighted by Crippen LogP contribution is -2.55. The summed E-state index contributed by atoms with van der Waals surface area (Å²) < 4.78 is 40.2. The second kappa shape index (κ2) is 7.48. The number of benzene rings is 2. The Balaban J connectivity index is 1.47. The molecule has 0 atom stereocenters. The fraction of sp³-hybridized carbons (Fsp3) is 0.333. The topological polar surface area (TPSA) is 86.8 Å².